The first kappa shape index (κ1) is 17.1. The third-order valence-electron chi connectivity index (χ3n) is 3.50. The Balaban J connectivity index is 2.55. The molecule has 1 heterocycles. The van der Waals surface area contributed by atoms with Crippen molar-refractivity contribution in [3.8, 4) is 0 Å². The van der Waals surface area contributed by atoms with Crippen LogP contribution in [0.4, 0.5) is 0 Å². The van der Waals surface area contributed by atoms with Crippen LogP contribution in [0.5, 0.6) is 0 Å². The maximum absolute atomic E-state index is 11.8. The van der Waals surface area contributed by atoms with Gasteiger partial charge < -0.3 is 11.1 Å². The van der Waals surface area contributed by atoms with Crippen molar-refractivity contribution in [1.29, 1.82) is 0 Å². The van der Waals surface area contributed by atoms with E-state index in [2.05, 4.69) is 40.9 Å². The highest BCUT2D eigenvalue weighted by Crippen LogP contribution is 2.22. The molecule has 0 saturated carbocycles. The first-order valence-electron chi connectivity index (χ1n) is 7.36. The van der Waals surface area contributed by atoms with E-state index in [0.717, 1.165) is 19.5 Å². The Morgan fingerprint density at radius 1 is 1.45 bits per heavy atom. The number of rotatable bonds is 9. The second kappa shape index (κ2) is 9.10. The van der Waals surface area contributed by atoms with Gasteiger partial charge in [-0.25, -0.2) is 0 Å². The fourth-order valence-electron chi connectivity index (χ4n) is 2.24. The van der Waals surface area contributed by atoms with Crippen molar-refractivity contribution in [2.45, 2.75) is 45.7 Å². The number of nitrogens with zero attached hydrogens (tertiary/aromatic N) is 1. The van der Waals surface area contributed by atoms with E-state index in [9.17, 15) is 4.79 Å². The first-order valence-corrected chi connectivity index (χ1v) is 8.31. The molecule has 0 aliphatic rings. The summed E-state index contributed by atoms with van der Waals surface area (Å²) in [4.78, 5) is 14.2. The van der Waals surface area contributed by atoms with Gasteiger partial charge in [-0.1, -0.05) is 13.8 Å². The normalized spacial score (nSPS) is 14.2. The van der Waals surface area contributed by atoms with Gasteiger partial charge in [0.15, 0.2) is 0 Å². The number of hydrogen-bond acceptors (Lipinski definition) is 4. The lowest BCUT2D eigenvalue weighted by molar-refractivity contribution is -0.121. The lowest BCUT2D eigenvalue weighted by Gasteiger charge is -2.29. The third-order valence-corrected chi connectivity index (χ3v) is 4.20. The molecule has 2 unspecified atom stereocenters. The summed E-state index contributed by atoms with van der Waals surface area (Å²) >= 11 is 1.70. The molecule has 1 aromatic rings. The highest BCUT2D eigenvalue weighted by atomic mass is 32.1. The van der Waals surface area contributed by atoms with Gasteiger partial charge in [-0.3, -0.25) is 9.69 Å². The lowest BCUT2D eigenvalue weighted by atomic mass is 10.1. The molecule has 2 atom stereocenters. The van der Waals surface area contributed by atoms with Crippen LogP contribution in [0.15, 0.2) is 16.8 Å². The highest BCUT2D eigenvalue weighted by molar-refractivity contribution is 7.07. The molecule has 4 nitrogen and oxygen atoms in total. The summed E-state index contributed by atoms with van der Waals surface area (Å²) in [5.41, 5.74) is 6.96. The van der Waals surface area contributed by atoms with Crippen LogP contribution >= 0.6 is 11.3 Å². The van der Waals surface area contributed by atoms with E-state index in [1.165, 1.54) is 5.56 Å². The molecule has 0 radical (unpaired) electrons. The van der Waals surface area contributed by atoms with Crippen molar-refractivity contribution in [1.82, 2.24) is 10.2 Å². The number of carbonyl (C=O) groups is 1. The number of amides is 1. The molecular weight excluding hydrogens is 270 g/mol. The summed E-state index contributed by atoms with van der Waals surface area (Å²) in [6.07, 6.45) is 1.24. The number of nitrogens with two attached hydrogens (primary N) is 1. The van der Waals surface area contributed by atoms with Crippen LogP contribution < -0.4 is 11.1 Å². The Labute approximate surface area is 126 Å². The minimum absolute atomic E-state index is 0.0798. The van der Waals surface area contributed by atoms with Crippen LogP contribution in [0.3, 0.4) is 0 Å². The molecule has 0 bridgehead atoms. The Morgan fingerprint density at radius 2 is 2.15 bits per heavy atom. The van der Waals surface area contributed by atoms with Crippen molar-refractivity contribution in [3.63, 3.8) is 0 Å². The molecule has 0 spiro atoms. The van der Waals surface area contributed by atoms with E-state index >= 15 is 0 Å². The smallest absolute Gasteiger partial charge is 0.220 e. The van der Waals surface area contributed by atoms with E-state index in [1.54, 1.807) is 11.3 Å². The molecule has 1 amide bonds. The van der Waals surface area contributed by atoms with Crippen molar-refractivity contribution in [3.05, 3.63) is 22.4 Å². The molecule has 1 aromatic heterocycles. The summed E-state index contributed by atoms with van der Waals surface area (Å²) < 4.78 is 0. The van der Waals surface area contributed by atoms with E-state index in [1.807, 2.05) is 6.92 Å². The summed E-state index contributed by atoms with van der Waals surface area (Å²) in [6, 6.07) is 2.48. The second-order valence-corrected chi connectivity index (χ2v) is 5.89. The molecule has 1 rings (SSSR count). The quantitative estimate of drug-likeness (QED) is 0.736. The number of carbonyl (C=O) groups excluding carboxylic acids is 1. The predicted molar refractivity (Wildman–Crippen MR) is 85.9 cm³/mol. The monoisotopic (exact) mass is 297 g/mol. The zero-order chi connectivity index (χ0) is 15.0. The van der Waals surface area contributed by atoms with E-state index < -0.39 is 0 Å². The molecular formula is C15H27N3OS. The molecule has 0 saturated heterocycles. The van der Waals surface area contributed by atoms with Gasteiger partial charge in [-0.2, -0.15) is 11.3 Å². The van der Waals surface area contributed by atoms with Gasteiger partial charge in [0.1, 0.15) is 0 Å². The maximum atomic E-state index is 11.8. The van der Waals surface area contributed by atoms with Gasteiger partial charge in [-0.15, -0.1) is 0 Å². The van der Waals surface area contributed by atoms with Crippen LogP contribution in [-0.4, -0.2) is 36.5 Å². The predicted octanol–water partition coefficient (Wildman–Crippen LogP) is 2.37. The molecule has 0 fully saturated rings. The Morgan fingerprint density at radius 3 is 2.65 bits per heavy atom. The van der Waals surface area contributed by atoms with Crippen LogP contribution in [0.2, 0.25) is 0 Å². The summed E-state index contributed by atoms with van der Waals surface area (Å²) in [5, 5.41) is 7.29. The number of likely N-dealkylation sites (N-methyl/N-ethyl adjacent to an activating group) is 1. The summed E-state index contributed by atoms with van der Waals surface area (Å²) in [5.74, 6) is 0.0923. The van der Waals surface area contributed by atoms with E-state index in [-0.39, 0.29) is 18.0 Å². The minimum Gasteiger partial charge on any atom is -0.354 e. The van der Waals surface area contributed by atoms with Gasteiger partial charge in [0.25, 0.3) is 0 Å². The van der Waals surface area contributed by atoms with Crippen molar-refractivity contribution in [2.75, 3.05) is 19.6 Å². The van der Waals surface area contributed by atoms with Crippen molar-refractivity contribution < 1.29 is 4.79 Å². The topological polar surface area (TPSA) is 58.4 Å². The van der Waals surface area contributed by atoms with E-state index in [0.29, 0.717) is 13.0 Å². The summed E-state index contributed by atoms with van der Waals surface area (Å²) in [7, 11) is 0. The molecule has 0 aliphatic carbocycles. The Kier molecular flexibility index (Phi) is 7.80. The van der Waals surface area contributed by atoms with Gasteiger partial charge in [0, 0.05) is 19.0 Å². The van der Waals surface area contributed by atoms with Crippen molar-refractivity contribution >= 4 is 17.2 Å². The highest BCUT2D eigenvalue weighted by Gasteiger charge is 2.19. The second-order valence-electron chi connectivity index (χ2n) is 5.11. The van der Waals surface area contributed by atoms with Crippen molar-refractivity contribution in [2.24, 2.45) is 5.73 Å². The zero-order valence-corrected chi connectivity index (χ0v) is 13.6. The average molecular weight is 297 g/mol. The molecule has 20 heavy (non-hydrogen) atoms. The van der Waals surface area contributed by atoms with Crippen LogP contribution in [0.1, 0.15) is 45.2 Å². The Bertz CT molecular complexity index is 374. The van der Waals surface area contributed by atoms with Gasteiger partial charge in [0.2, 0.25) is 5.91 Å². The average Bonchev–Trinajstić information content (AvgIpc) is 2.94. The minimum atomic E-state index is 0.0798. The number of hydrogen-bond donors (Lipinski definition) is 2. The molecule has 114 valence electrons. The molecule has 0 aliphatic heterocycles. The standard InChI is InChI=1S/C15H27N3OS/c1-4-18(5-2)14(13-8-9-20-11-13)10-17-15(19)7-6-12(3)16/h8-9,11-12,14H,4-7,10,16H2,1-3H3,(H,17,19). The van der Waals surface area contributed by atoms with Gasteiger partial charge >= 0.3 is 0 Å². The van der Waals surface area contributed by atoms with Gasteiger partial charge in [0.05, 0.1) is 6.04 Å². The third kappa shape index (κ3) is 5.61. The zero-order valence-electron chi connectivity index (χ0n) is 12.8. The van der Waals surface area contributed by atoms with Crippen LogP contribution in [-0.2, 0) is 4.79 Å². The van der Waals surface area contributed by atoms with Crippen LogP contribution in [0.25, 0.3) is 0 Å². The summed E-state index contributed by atoms with van der Waals surface area (Å²) in [6.45, 7) is 8.86. The SMILES string of the molecule is CCN(CC)C(CNC(=O)CCC(C)N)c1ccsc1. The fourth-order valence-corrected chi connectivity index (χ4v) is 2.95. The molecule has 0 aromatic carbocycles. The molecule has 3 N–H and O–H groups in total. The first-order chi connectivity index (χ1) is 9.58. The maximum Gasteiger partial charge on any atom is 0.220 e. The van der Waals surface area contributed by atoms with E-state index in [4.69, 9.17) is 5.73 Å². The lowest BCUT2D eigenvalue weighted by Crippen LogP contribution is -2.38. The largest absolute Gasteiger partial charge is 0.354 e. The number of thiophene rings is 1. The Hall–Kier alpha value is -0.910. The molecule has 5 heteroatoms. The van der Waals surface area contributed by atoms with Crippen LogP contribution in [0, 0.1) is 0 Å². The number of nitrogens with one attached hydrogen (secondary N) is 1. The fraction of sp³-hybridized carbons (Fsp3) is 0.667. The van der Waals surface area contributed by atoms with Gasteiger partial charge in [-0.05, 0) is 48.8 Å².